The molecule has 1 aromatic rings. The molecule has 0 aliphatic heterocycles. The summed E-state index contributed by atoms with van der Waals surface area (Å²) in [6.07, 6.45) is -0.656. The molecule has 1 unspecified atom stereocenters. The summed E-state index contributed by atoms with van der Waals surface area (Å²) in [7, 11) is 0. The van der Waals surface area contributed by atoms with Crippen molar-refractivity contribution < 1.29 is 14.3 Å². The highest BCUT2D eigenvalue weighted by Crippen LogP contribution is 2.28. The lowest BCUT2D eigenvalue weighted by molar-refractivity contribution is -0.141. The summed E-state index contributed by atoms with van der Waals surface area (Å²) in [5.74, 6) is 0.676. The van der Waals surface area contributed by atoms with E-state index in [2.05, 4.69) is 19.2 Å². The molecule has 0 saturated carbocycles. The molecule has 1 aromatic carbocycles. The largest absolute Gasteiger partial charge is 0.481 e. The van der Waals surface area contributed by atoms with Crippen LogP contribution in [0.4, 0.5) is 0 Å². The predicted octanol–water partition coefficient (Wildman–Crippen LogP) is 3.65. The van der Waals surface area contributed by atoms with Gasteiger partial charge in [-0.25, -0.2) is 0 Å². The van der Waals surface area contributed by atoms with Crippen molar-refractivity contribution in [2.24, 2.45) is 0 Å². The van der Waals surface area contributed by atoms with Crippen molar-refractivity contribution in [1.29, 1.82) is 0 Å². The average Bonchev–Trinajstić information content (AvgIpc) is 2.49. The zero-order valence-corrected chi connectivity index (χ0v) is 17.5. The Kier molecular flexibility index (Phi) is 7.67. The fourth-order valence-electron chi connectivity index (χ4n) is 2.70. The van der Waals surface area contributed by atoms with E-state index in [1.165, 1.54) is 4.90 Å². The molecule has 0 aliphatic carbocycles. The molecule has 2 amide bonds. The average molecular weight is 363 g/mol. The second-order valence-corrected chi connectivity index (χ2v) is 8.11. The molecule has 0 bridgehead atoms. The fraction of sp³-hybridized carbons (Fsp3) is 0.619. The molecule has 1 rings (SSSR count). The fourth-order valence-corrected chi connectivity index (χ4v) is 2.70. The summed E-state index contributed by atoms with van der Waals surface area (Å²) in [5, 5.41) is 2.89. The maximum absolute atomic E-state index is 12.8. The van der Waals surface area contributed by atoms with Gasteiger partial charge in [0.15, 0.2) is 6.10 Å². The minimum Gasteiger partial charge on any atom is -0.481 e. The Hall–Kier alpha value is -2.04. The van der Waals surface area contributed by atoms with Gasteiger partial charge in [-0.1, -0.05) is 26.0 Å². The lowest BCUT2D eigenvalue weighted by atomic mass is 10.0. The number of carbonyl (C=O) groups is 2. The van der Waals surface area contributed by atoms with Gasteiger partial charge in [-0.05, 0) is 64.7 Å². The molecule has 26 heavy (non-hydrogen) atoms. The molecule has 0 spiro atoms. The van der Waals surface area contributed by atoms with E-state index < -0.39 is 6.10 Å². The number of nitrogens with zero attached hydrogens (tertiary/aromatic N) is 1. The number of rotatable bonds is 7. The van der Waals surface area contributed by atoms with Crippen LogP contribution >= 0.6 is 0 Å². The molecule has 5 nitrogen and oxygen atoms in total. The SMILES string of the molecule is CCN(CC(=O)NC(C)(C)C)C(=O)C(C)Oc1cc(C)ccc1C(C)C. The summed E-state index contributed by atoms with van der Waals surface area (Å²) < 4.78 is 5.99. The molecule has 0 aromatic heterocycles. The van der Waals surface area contributed by atoms with Crippen LogP contribution in [0.3, 0.4) is 0 Å². The molecule has 5 heteroatoms. The lowest BCUT2D eigenvalue weighted by Gasteiger charge is -2.27. The van der Waals surface area contributed by atoms with Gasteiger partial charge < -0.3 is 15.0 Å². The van der Waals surface area contributed by atoms with Crippen molar-refractivity contribution in [2.75, 3.05) is 13.1 Å². The quantitative estimate of drug-likeness (QED) is 0.805. The van der Waals surface area contributed by atoms with Gasteiger partial charge in [-0.15, -0.1) is 0 Å². The minimum absolute atomic E-state index is 0.0329. The molecule has 0 radical (unpaired) electrons. The molecular formula is C21H34N2O3. The third kappa shape index (κ3) is 6.70. The van der Waals surface area contributed by atoms with Gasteiger partial charge in [0.2, 0.25) is 5.91 Å². The van der Waals surface area contributed by atoms with E-state index in [4.69, 9.17) is 4.74 Å². The summed E-state index contributed by atoms with van der Waals surface area (Å²) >= 11 is 0. The van der Waals surface area contributed by atoms with Gasteiger partial charge in [0, 0.05) is 12.1 Å². The van der Waals surface area contributed by atoms with E-state index in [0.717, 1.165) is 16.9 Å². The highest BCUT2D eigenvalue weighted by atomic mass is 16.5. The van der Waals surface area contributed by atoms with Crippen LogP contribution in [0.5, 0.6) is 5.75 Å². The van der Waals surface area contributed by atoms with Gasteiger partial charge in [0.25, 0.3) is 5.91 Å². The molecular weight excluding hydrogens is 328 g/mol. The van der Waals surface area contributed by atoms with Crippen molar-refractivity contribution in [2.45, 2.75) is 73.0 Å². The number of likely N-dealkylation sites (N-methyl/N-ethyl adjacent to an activating group) is 1. The second kappa shape index (κ2) is 9.06. The Morgan fingerprint density at radius 2 is 1.81 bits per heavy atom. The first-order chi connectivity index (χ1) is 11.9. The number of ether oxygens (including phenoxy) is 1. The first-order valence-corrected chi connectivity index (χ1v) is 9.31. The third-order valence-electron chi connectivity index (χ3n) is 3.98. The van der Waals surface area contributed by atoms with Crippen molar-refractivity contribution >= 4 is 11.8 Å². The maximum atomic E-state index is 12.8. The normalized spacial score (nSPS) is 12.7. The smallest absolute Gasteiger partial charge is 0.263 e. The number of aryl methyl sites for hydroxylation is 1. The first kappa shape index (κ1) is 22.0. The zero-order valence-electron chi connectivity index (χ0n) is 17.5. The molecule has 1 N–H and O–H groups in total. The van der Waals surface area contributed by atoms with Crippen LogP contribution in [0, 0.1) is 6.92 Å². The van der Waals surface area contributed by atoms with Crippen LogP contribution in [0.25, 0.3) is 0 Å². The second-order valence-electron chi connectivity index (χ2n) is 8.11. The van der Waals surface area contributed by atoms with Crippen molar-refractivity contribution in [3.8, 4) is 5.75 Å². The first-order valence-electron chi connectivity index (χ1n) is 9.31. The van der Waals surface area contributed by atoms with Crippen LogP contribution < -0.4 is 10.1 Å². The van der Waals surface area contributed by atoms with E-state index >= 15 is 0 Å². The van der Waals surface area contributed by atoms with Crippen molar-refractivity contribution in [1.82, 2.24) is 10.2 Å². The highest BCUT2D eigenvalue weighted by molar-refractivity contribution is 5.87. The maximum Gasteiger partial charge on any atom is 0.263 e. The van der Waals surface area contributed by atoms with E-state index in [-0.39, 0.29) is 23.9 Å². The topological polar surface area (TPSA) is 58.6 Å². The van der Waals surface area contributed by atoms with E-state index in [9.17, 15) is 9.59 Å². The minimum atomic E-state index is -0.656. The molecule has 0 aliphatic rings. The Labute approximate surface area is 158 Å². The Morgan fingerprint density at radius 3 is 2.31 bits per heavy atom. The Bertz CT molecular complexity index is 633. The highest BCUT2D eigenvalue weighted by Gasteiger charge is 2.25. The van der Waals surface area contributed by atoms with Crippen LogP contribution in [-0.4, -0.2) is 41.4 Å². The monoisotopic (exact) mass is 362 g/mol. The summed E-state index contributed by atoms with van der Waals surface area (Å²) in [4.78, 5) is 26.4. The molecule has 0 fully saturated rings. The number of amides is 2. The zero-order chi connectivity index (χ0) is 20.1. The van der Waals surface area contributed by atoms with Gasteiger partial charge in [-0.3, -0.25) is 9.59 Å². The summed E-state index contributed by atoms with van der Waals surface area (Å²) in [5.41, 5.74) is 1.83. The van der Waals surface area contributed by atoms with E-state index in [0.29, 0.717) is 12.5 Å². The molecule has 146 valence electrons. The molecule has 1 atom stereocenters. The predicted molar refractivity (Wildman–Crippen MR) is 106 cm³/mol. The van der Waals surface area contributed by atoms with Crippen molar-refractivity contribution in [3.63, 3.8) is 0 Å². The van der Waals surface area contributed by atoms with Crippen LogP contribution in [0.1, 0.15) is 65.5 Å². The third-order valence-corrected chi connectivity index (χ3v) is 3.98. The van der Waals surface area contributed by atoms with Gasteiger partial charge in [0.05, 0.1) is 6.54 Å². The lowest BCUT2D eigenvalue weighted by Crippen LogP contribution is -2.49. The van der Waals surface area contributed by atoms with Gasteiger partial charge in [-0.2, -0.15) is 0 Å². The van der Waals surface area contributed by atoms with E-state index in [1.54, 1.807) is 6.92 Å². The van der Waals surface area contributed by atoms with Crippen LogP contribution in [0.2, 0.25) is 0 Å². The number of benzene rings is 1. The molecule has 0 heterocycles. The standard InChI is InChI=1S/C21H34N2O3/c1-9-23(13-19(24)22-21(6,7)8)20(25)16(5)26-18-12-15(4)10-11-17(18)14(2)3/h10-12,14,16H,9,13H2,1-8H3,(H,22,24). The van der Waals surface area contributed by atoms with E-state index in [1.807, 2.05) is 52.8 Å². The number of hydrogen-bond acceptors (Lipinski definition) is 3. The van der Waals surface area contributed by atoms with Crippen LogP contribution in [-0.2, 0) is 9.59 Å². The Morgan fingerprint density at radius 1 is 1.19 bits per heavy atom. The Balaban J connectivity index is 2.85. The summed E-state index contributed by atoms with van der Waals surface area (Å²) in [6, 6.07) is 6.05. The number of carbonyl (C=O) groups excluding carboxylic acids is 2. The molecule has 0 saturated heterocycles. The summed E-state index contributed by atoms with van der Waals surface area (Å²) in [6.45, 7) is 16.0. The van der Waals surface area contributed by atoms with Crippen LogP contribution in [0.15, 0.2) is 18.2 Å². The van der Waals surface area contributed by atoms with Crippen molar-refractivity contribution in [3.05, 3.63) is 29.3 Å². The number of nitrogens with one attached hydrogen (secondary N) is 1. The van der Waals surface area contributed by atoms with Gasteiger partial charge in [0.1, 0.15) is 5.75 Å². The van der Waals surface area contributed by atoms with Gasteiger partial charge >= 0.3 is 0 Å². The number of hydrogen-bond donors (Lipinski definition) is 1.